The standard InChI is InChI=1S/C26H29F2N7O4S/c1-3-34(2)40(37,38)33-19-5-4-18(27)24(17(19)13-29)32-21-7-6-20-22(23(21)28)25(36)35(15-31-20)16-12-26(39-14-16)8-10-30-11-9-26/h4-7,15-16,30,32-33H,3,8-12,14H2,1-2H3/t16-/m0/s1. The second-order valence-corrected chi connectivity index (χ2v) is 11.8. The van der Waals surface area contributed by atoms with Crippen molar-refractivity contribution >= 4 is 38.2 Å². The number of benzene rings is 2. The van der Waals surface area contributed by atoms with Gasteiger partial charge in [0, 0.05) is 13.6 Å². The highest BCUT2D eigenvalue weighted by molar-refractivity contribution is 7.90. The van der Waals surface area contributed by atoms with Crippen LogP contribution in [-0.4, -0.2) is 61.2 Å². The zero-order valence-corrected chi connectivity index (χ0v) is 22.8. The summed E-state index contributed by atoms with van der Waals surface area (Å²) in [6.07, 6.45) is 3.63. The van der Waals surface area contributed by atoms with E-state index in [1.807, 2.05) is 0 Å². The molecule has 11 nitrogen and oxygen atoms in total. The van der Waals surface area contributed by atoms with E-state index < -0.39 is 33.1 Å². The molecule has 0 amide bonds. The quantitative estimate of drug-likeness (QED) is 0.392. The molecule has 1 spiro atoms. The van der Waals surface area contributed by atoms with Crippen LogP contribution in [0.2, 0.25) is 0 Å². The summed E-state index contributed by atoms with van der Waals surface area (Å²) in [5, 5.41) is 15.3. The predicted molar refractivity (Wildman–Crippen MR) is 146 cm³/mol. The predicted octanol–water partition coefficient (Wildman–Crippen LogP) is 2.98. The van der Waals surface area contributed by atoms with Crippen molar-refractivity contribution in [3.63, 3.8) is 0 Å². The van der Waals surface area contributed by atoms with Gasteiger partial charge in [0.25, 0.3) is 5.56 Å². The zero-order chi connectivity index (χ0) is 28.7. The van der Waals surface area contributed by atoms with Crippen LogP contribution < -0.4 is 20.9 Å². The molecule has 0 aliphatic carbocycles. The van der Waals surface area contributed by atoms with E-state index >= 15 is 4.39 Å². The number of hydrogen-bond donors (Lipinski definition) is 3. The molecule has 1 atom stereocenters. The van der Waals surface area contributed by atoms with Gasteiger partial charge in [0.1, 0.15) is 22.8 Å². The highest BCUT2D eigenvalue weighted by atomic mass is 32.2. The van der Waals surface area contributed by atoms with Crippen molar-refractivity contribution in [2.75, 3.05) is 43.3 Å². The van der Waals surface area contributed by atoms with Crippen LogP contribution in [0.4, 0.5) is 25.8 Å². The summed E-state index contributed by atoms with van der Waals surface area (Å²) >= 11 is 0. The first-order valence-electron chi connectivity index (χ1n) is 12.9. The van der Waals surface area contributed by atoms with Crippen molar-refractivity contribution in [3.05, 3.63) is 58.1 Å². The largest absolute Gasteiger partial charge is 0.373 e. The van der Waals surface area contributed by atoms with Gasteiger partial charge in [-0.05, 0) is 56.6 Å². The highest BCUT2D eigenvalue weighted by Gasteiger charge is 2.42. The molecule has 14 heteroatoms. The molecule has 5 rings (SSSR count). The Kier molecular flexibility index (Phi) is 7.49. The molecule has 3 N–H and O–H groups in total. The minimum Gasteiger partial charge on any atom is -0.373 e. The van der Waals surface area contributed by atoms with Crippen LogP contribution in [-0.2, 0) is 14.9 Å². The molecule has 1 aromatic heterocycles. The van der Waals surface area contributed by atoms with Crippen molar-refractivity contribution in [2.24, 2.45) is 0 Å². The molecule has 3 heterocycles. The van der Waals surface area contributed by atoms with Crippen LogP contribution in [0, 0.1) is 23.0 Å². The molecule has 0 bridgehead atoms. The molecule has 212 valence electrons. The monoisotopic (exact) mass is 573 g/mol. The maximum atomic E-state index is 15.8. The Bertz CT molecular complexity index is 1670. The number of nitrogens with one attached hydrogen (secondary N) is 3. The zero-order valence-electron chi connectivity index (χ0n) is 22.0. The minimum atomic E-state index is -4.02. The highest BCUT2D eigenvalue weighted by Crippen LogP contribution is 2.39. The van der Waals surface area contributed by atoms with Crippen LogP contribution >= 0.6 is 0 Å². The van der Waals surface area contributed by atoms with Gasteiger partial charge in [-0.3, -0.25) is 14.1 Å². The number of hydrogen-bond acceptors (Lipinski definition) is 8. The molecule has 2 aliphatic heterocycles. The number of ether oxygens (including phenoxy) is 1. The molecule has 2 aliphatic rings. The fourth-order valence-corrected chi connectivity index (χ4v) is 6.14. The third-order valence-corrected chi connectivity index (χ3v) is 9.16. The molecule has 0 radical (unpaired) electrons. The van der Waals surface area contributed by atoms with Gasteiger partial charge in [0.05, 0.1) is 47.2 Å². The molecular weight excluding hydrogens is 544 g/mol. The number of piperidine rings is 1. The first-order chi connectivity index (χ1) is 19.1. The fourth-order valence-electron chi connectivity index (χ4n) is 5.19. The summed E-state index contributed by atoms with van der Waals surface area (Å²) in [7, 11) is -2.68. The molecule has 0 unspecified atom stereocenters. The van der Waals surface area contributed by atoms with Crippen molar-refractivity contribution in [1.82, 2.24) is 19.2 Å². The second-order valence-electron chi connectivity index (χ2n) is 9.98. The van der Waals surface area contributed by atoms with Crippen molar-refractivity contribution in [3.8, 4) is 6.07 Å². The first kappa shape index (κ1) is 27.9. The van der Waals surface area contributed by atoms with Crippen LogP contribution in [0.25, 0.3) is 10.9 Å². The van der Waals surface area contributed by atoms with Crippen LogP contribution in [0.15, 0.2) is 35.4 Å². The van der Waals surface area contributed by atoms with Crippen LogP contribution in [0.1, 0.15) is 37.8 Å². The van der Waals surface area contributed by atoms with Gasteiger partial charge in [-0.15, -0.1) is 0 Å². The summed E-state index contributed by atoms with van der Waals surface area (Å²) in [6.45, 7) is 3.72. The number of rotatable bonds is 7. The molecular formula is C26H29F2N7O4S. The van der Waals surface area contributed by atoms with Gasteiger partial charge in [-0.1, -0.05) is 6.92 Å². The van der Waals surface area contributed by atoms with E-state index in [2.05, 4.69) is 20.3 Å². The van der Waals surface area contributed by atoms with E-state index in [1.165, 1.54) is 30.1 Å². The van der Waals surface area contributed by atoms with E-state index in [-0.39, 0.29) is 46.0 Å². The molecule has 0 saturated carbocycles. The first-order valence-corrected chi connectivity index (χ1v) is 14.3. The average molecular weight is 574 g/mol. The molecule has 40 heavy (non-hydrogen) atoms. The Balaban J connectivity index is 1.51. The van der Waals surface area contributed by atoms with E-state index in [1.54, 1.807) is 13.0 Å². The van der Waals surface area contributed by atoms with Crippen LogP contribution in [0.3, 0.4) is 0 Å². The summed E-state index contributed by atoms with van der Waals surface area (Å²) in [5.74, 6) is -1.89. The van der Waals surface area contributed by atoms with Crippen molar-refractivity contribution < 1.29 is 21.9 Å². The number of nitriles is 1. The summed E-state index contributed by atoms with van der Waals surface area (Å²) in [5.41, 5.74) is -2.10. The Morgan fingerprint density at radius 3 is 2.67 bits per heavy atom. The lowest BCUT2D eigenvalue weighted by molar-refractivity contribution is -0.0196. The number of anilines is 3. The molecule has 2 fully saturated rings. The third-order valence-electron chi connectivity index (χ3n) is 7.61. The fraction of sp³-hybridized carbons (Fsp3) is 0.423. The maximum absolute atomic E-state index is 15.8. The normalized spacial score (nSPS) is 18.8. The Morgan fingerprint density at radius 1 is 1.25 bits per heavy atom. The van der Waals surface area contributed by atoms with Gasteiger partial charge in [0.15, 0.2) is 5.82 Å². The van der Waals surface area contributed by atoms with Crippen molar-refractivity contribution in [1.29, 1.82) is 5.26 Å². The Hall–Kier alpha value is -3.64. The average Bonchev–Trinajstić information content (AvgIpc) is 3.34. The number of nitrogens with zero attached hydrogens (tertiary/aromatic N) is 4. The molecule has 2 aromatic carbocycles. The van der Waals surface area contributed by atoms with Gasteiger partial charge in [-0.25, -0.2) is 13.8 Å². The molecule has 3 aromatic rings. The van der Waals surface area contributed by atoms with Crippen molar-refractivity contribution in [2.45, 2.75) is 37.8 Å². The van der Waals surface area contributed by atoms with Gasteiger partial charge >= 0.3 is 10.2 Å². The van der Waals surface area contributed by atoms with Gasteiger partial charge in [0.2, 0.25) is 0 Å². The van der Waals surface area contributed by atoms with E-state index in [0.29, 0.717) is 13.0 Å². The van der Waals surface area contributed by atoms with Crippen LogP contribution in [0.5, 0.6) is 0 Å². The SMILES string of the molecule is CCN(C)S(=O)(=O)Nc1ccc(F)c(Nc2ccc3ncn([C@@H]4COC5(CCNCC5)C4)c(=O)c3c2F)c1C#N. The summed E-state index contributed by atoms with van der Waals surface area (Å²) in [6, 6.07) is 6.22. The summed E-state index contributed by atoms with van der Waals surface area (Å²) < 4.78 is 66.5. The van der Waals surface area contributed by atoms with Gasteiger partial charge < -0.3 is 15.4 Å². The van der Waals surface area contributed by atoms with Gasteiger partial charge in [-0.2, -0.15) is 18.0 Å². The number of halogens is 2. The topological polar surface area (TPSA) is 141 Å². The van der Waals surface area contributed by atoms with E-state index in [9.17, 15) is 22.9 Å². The Morgan fingerprint density at radius 2 is 1.98 bits per heavy atom. The third kappa shape index (κ3) is 5.01. The van der Waals surface area contributed by atoms with E-state index in [0.717, 1.165) is 42.4 Å². The summed E-state index contributed by atoms with van der Waals surface area (Å²) in [4.78, 5) is 17.8. The maximum Gasteiger partial charge on any atom is 0.301 e. The Labute approximate surface area is 229 Å². The lowest BCUT2D eigenvalue weighted by atomic mass is 9.88. The number of fused-ring (bicyclic) bond motifs is 1. The minimum absolute atomic E-state index is 0.116. The lowest BCUT2D eigenvalue weighted by Gasteiger charge is -2.32. The smallest absolute Gasteiger partial charge is 0.301 e. The molecule has 2 saturated heterocycles. The lowest BCUT2D eigenvalue weighted by Crippen LogP contribution is -2.41. The number of aromatic nitrogens is 2. The second kappa shape index (κ2) is 10.7. The van der Waals surface area contributed by atoms with E-state index in [4.69, 9.17) is 4.74 Å².